The average Bonchev–Trinajstić information content (AvgIpc) is 2.69. The summed E-state index contributed by atoms with van der Waals surface area (Å²) in [5.74, 6) is -0.840. The largest absolute Gasteiger partial charge is 0.481 e. The number of anilines is 1. The molecule has 2 rings (SSSR count). The summed E-state index contributed by atoms with van der Waals surface area (Å²) in [5, 5.41) is 12.6. The summed E-state index contributed by atoms with van der Waals surface area (Å²) in [6.07, 6.45) is -0.0169. The summed E-state index contributed by atoms with van der Waals surface area (Å²) in [6.45, 7) is 11.0. The smallest absolute Gasteiger partial charge is 0.413 e. The molecule has 0 radical (unpaired) electrons. The van der Waals surface area contributed by atoms with Gasteiger partial charge in [-0.1, -0.05) is 13.8 Å². The standard InChI is InChI=1S/C15H22N2O4S/c1-8-9(15(10(18)19)7-14(15,5)6)22-11(16-8)17-12(20)21-13(2,3)4/h7H2,1-6H3,(H,18,19)(H,16,17,20). The normalized spacial score (nSPS) is 23.0. The molecule has 6 nitrogen and oxygen atoms in total. The van der Waals surface area contributed by atoms with E-state index in [0.717, 1.165) is 0 Å². The lowest BCUT2D eigenvalue weighted by Gasteiger charge is -2.18. The monoisotopic (exact) mass is 326 g/mol. The van der Waals surface area contributed by atoms with Crippen molar-refractivity contribution in [1.29, 1.82) is 0 Å². The Balaban J connectivity index is 2.23. The zero-order chi connectivity index (χ0) is 16.9. The molecule has 1 aromatic heterocycles. The van der Waals surface area contributed by atoms with Crippen molar-refractivity contribution in [2.24, 2.45) is 5.41 Å². The van der Waals surface area contributed by atoms with Gasteiger partial charge in [0.2, 0.25) is 0 Å². The predicted octanol–water partition coefficient (Wildman–Crippen LogP) is 3.55. The van der Waals surface area contributed by atoms with Crippen LogP contribution in [0.1, 0.15) is 51.6 Å². The Kier molecular flexibility index (Phi) is 3.76. The number of aryl methyl sites for hydroxylation is 1. The fraction of sp³-hybridized carbons (Fsp3) is 0.667. The molecule has 0 aliphatic heterocycles. The number of ether oxygens (including phenoxy) is 1. The van der Waals surface area contributed by atoms with Crippen molar-refractivity contribution in [1.82, 2.24) is 4.98 Å². The minimum Gasteiger partial charge on any atom is -0.481 e. The molecular weight excluding hydrogens is 304 g/mol. The summed E-state index contributed by atoms with van der Waals surface area (Å²) < 4.78 is 5.18. The van der Waals surface area contributed by atoms with E-state index in [0.29, 0.717) is 22.1 Å². The van der Waals surface area contributed by atoms with E-state index in [1.54, 1.807) is 27.7 Å². The van der Waals surface area contributed by atoms with Crippen LogP contribution in [0, 0.1) is 12.3 Å². The maximum atomic E-state index is 11.8. The molecule has 22 heavy (non-hydrogen) atoms. The van der Waals surface area contributed by atoms with E-state index in [2.05, 4.69) is 10.3 Å². The number of hydrogen-bond donors (Lipinski definition) is 2. The van der Waals surface area contributed by atoms with Crippen molar-refractivity contribution in [3.63, 3.8) is 0 Å². The van der Waals surface area contributed by atoms with E-state index >= 15 is 0 Å². The third kappa shape index (κ3) is 2.82. The lowest BCUT2D eigenvalue weighted by molar-refractivity contribution is -0.140. The molecule has 1 unspecified atom stereocenters. The maximum absolute atomic E-state index is 11.8. The highest BCUT2D eigenvalue weighted by atomic mass is 32.1. The maximum Gasteiger partial charge on any atom is 0.413 e. The van der Waals surface area contributed by atoms with Gasteiger partial charge in [0.25, 0.3) is 0 Å². The van der Waals surface area contributed by atoms with Gasteiger partial charge in [-0.2, -0.15) is 0 Å². The third-order valence-electron chi connectivity index (χ3n) is 3.89. The molecule has 1 fully saturated rings. The Morgan fingerprint density at radius 2 is 1.91 bits per heavy atom. The Bertz CT molecular complexity index is 630. The highest BCUT2D eigenvalue weighted by molar-refractivity contribution is 7.16. The first kappa shape index (κ1) is 16.7. The van der Waals surface area contributed by atoms with Crippen molar-refractivity contribution in [2.45, 2.75) is 59.0 Å². The first-order valence-electron chi connectivity index (χ1n) is 7.10. The van der Waals surface area contributed by atoms with Crippen LogP contribution in [0.25, 0.3) is 0 Å². The highest BCUT2D eigenvalue weighted by Gasteiger charge is 2.69. The number of aliphatic carboxylic acids is 1. The molecule has 122 valence electrons. The first-order valence-corrected chi connectivity index (χ1v) is 7.92. The number of amides is 1. The summed E-state index contributed by atoms with van der Waals surface area (Å²) in [5.41, 5.74) is -1.16. The Hall–Kier alpha value is -1.63. The predicted molar refractivity (Wildman–Crippen MR) is 84.4 cm³/mol. The second kappa shape index (κ2) is 4.94. The summed E-state index contributed by atoms with van der Waals surface area (Å²) in [7, 11) is 0. The lowest BCUT2D eigenvalue weighted by atomic mass is 9.93. The van der Waals surface area contributed by atoms with Crippen molar-refractivity contribution < 1.29 is 19.4 Å². The number of aromatic nitrogens is 1. The van der Waals surface area contributed by atoms with E-state index < -0.39 is 23.1 Å². The second-order valence-electron chi connectivity index (χ2n) is 7.33. The van der Waals surface area contributed by atoms with Crippen LogP contribution in [0.2, 0.25) is 0 Å². The van der Waals surface area contributed by atoms with Gasteiger partial charge in [0, 0.05) is 4.88 Å². The number of rotatable bonds is 3. The molecule has 7 heteroatoms. The molecule has 2 N–H and O–H groups in total. The van der Waals surface area contributed by atoms with Gasteiger partial charge in [0.1, 0.15) is 11.0 Å². The fourth-order valence-corrected chi connectivity index (χ4v) is 4.02. The SMILES string of the molecule is Cc1nc(NC(=O)OC(C)(C)C)sc1C1(C(=O)O)CC1(C)C. The molecule has 0 spiro atoms. The van der Waals surface area contributed by atoms with Crippen molar-refractivity contribution >= 4 is 28.5 Å². The number of thiazole rings is 1. The highest BCUT2D eigenvalue weighted by Crippen LogP contribution is 2.66. The zero-order valence-corrected chi connectivity index (χ0v) is 14.6. The zero-order valence-electron chi connectivity index (χ0n) is 13.7. The second-order valence-corrected chi connectivity index (χ2v) is 8.33. The van der Waals surface area contributed by atoms with Gasteiger partial charge < -0.3 is 9.84 Å². The topological polar surface area (TPSA) is 88.5 Å². The fourth-order valence-electron chi connectivity index (χ4n) is 2.71. The molecule has 1 saturated carbocycles. The van der Waals surface area contributed by atoms with Gasteiger partial charge in [-0.25, -0.2) is 9.78 Å². The van der Waals surface area contributed by atoms with Crippen LogP contribution in [-0.2, 0) is 14.9 Å². The molecule has 1 aliphatic rings. The van der Waals surface area contributed by atoms with E-state index in [9.17, 15) is 14.7 Å². The first-order chi connectivity index (χ1) is 9.89. The van der Waals surface area contributed by atoms with Gasteiger partial charge in [-0.05, 0) is 39.5 Å². The van der Waals surface area contributed by atoms with Crippen LogP contribution in [0.4, 0.5) is 9.93 Å². The van der Waals surface area contributed by atoms with E-state index in [4.69, 9.17) is 4.74 Å². The molecule has 0 saturated heterocycles. The molecule has 0 aromatic carbocycles. The molecular formula is C15H22N2O4S. The Morgan fingerprint density at radius 1 is 1.36 bits per heavy atom. The van der Waals surface area contributed by atoms with Crippen molar-refractivity contribution in [3.05, 3.63) is 10.6 Å². The summed E-state index contributed by atoms with van der Waals surface area (Å²) in [4.78, 5) is 28.5. The van der Waals surface area contributed by atoms with Crippen LogP contribution in [0.5, 0.6) is 0 Å². The van der Waals surface area contributed by atoms with Crippen LogP contribution >= 0.6 is 11.3 Å². The average molecular weight is 326 g/mol. The van der Waals surface area contributed by atoms with Crippen LogP contribution in [0.3, 0.4) is 0 Å². The van der Waals surface area contributed by atoms with E-state index in [-0.39, 0.29) is 5.41 Å². The molecule has 1 amide bonds. The third-order valence-corrected chi connectivity index (χ3v) is 5.13. The molecule has 0 bridgehead atoms. The molecule has 1 aliphatic carbocycles. The van der Waals surface area contributed by atoms with Crippen molar-refractivity contribution in [3.8, 4) is 0 Å². The number of nitrogens with zero attached hydrogens (tertiary/aromatic N) is 1. The number of carbonyl (C=O) groups excluding carboxylic acids is 1. The molecule has 1 aromatic rings. The minimum absolute atomic E-state index is 0.306. The number of carboxylic acid groups (broad SMARTS) is 1. The summed E-state index contributed by atoms with van der Waals surface area (Å²) in [6, 6.07) is 0. The van der Waals surface area contributed by atoms with Gasteiger partial charge in [-0.15, -0.1) is 11.3 Å². The number of carboxylic acids is 1. The Morgan fingerprint density at radius 3 is 2.32 bits per heavy atom. The van der Waals surface area contributed by atoms with Gasteiger partial charge in [-0.3, -0.25) is 10.1 Å². The Labute approximate surface area is 133 Å². The van der Waals surface area contributed by atoms with Gasteiger partial charge in [0.15, 0.2) is 5.13 Å². The van der Waals surface area contributed by atoms with E-state index in [1.807, 2.05) is 13.8 Å². The van der Waals surface area contributed by atoms with Crippen LogP contribution < -0.4 is 5.32 Å². The molecule has 1 atom stereocenters. The number of carbonyl (C=O) groups is 2. The van der Waals surface area contributed by atoms with Gasteiger partial charge >= 0.3 is 12.1 Å². The lowest BCUT2D eigenvalue weighted by Crippen LogP contribution is -2.27. The minimum atomic E-state index is -0.900. The summed E-state index contributed by atoms with van der Waals surface area (Å²) >= 11 is 1.21. The van der Waals surface area contributed by atoms with Crippen molar-refractivity contribution in [2.75, 3.05) is 5.32 Å². The number of nitrogens with one attached hydrogen (secondary N) is 1. The van der Waals surface area contributed by atoms with Gasteiger partial charge in [0.05, 0.1) is 5.69 Å². The number of hydrogen-bond acceptors (Lipinski definition) is 5. The van der Waals surface area contributed by atoms with E-state index in [1.165, 1.54) is 11.3 Å². The molecule has 1 heterocycles. The van der Waals surface area contributed by atoms with Crippen LogP contribution in [-0.4, -0.2) is 27.8 Å². The van der Waals surface area contributed by atoms with Crippen LogP contribution in [0.15, 0.2) is 0 Å². The quantitative estimate of drug-likeness (QED) is 0.886.